The predicted octanol–water partition coefficient (Wildman–Crippen LogP) is 3.30. The van der Waals surface area contributed by atoms with Crippen LogP contribution >= 0.6 is 0 Å². The van der Waals surface area contributed by atoms with Crippen molar-refractivity contribution >= 4 is 5.91 Å². The lowest BCUT2D eigenvalue weighted by atomic mass is 9.86. The minimum Gasteiger partial charge on any atom is -0.348 e. The molecule has 1 aliphatic rings. The molecule has 1 heterocycles. The van der Waals surface area contributed by atoms with Gasteiger partial charge in [-0.2, -0.15) is 0 Å². The second-order valence-electron chi connectivity index (χ2n) is 7.10. The molecule has 21 heavy (non-hydrogen) atoms. The van der Waals surface area contributed by atoms with Crippen molar-refractivity contribution in [2.75, 3.05) is 6.54 Å². The van der Waals surface area contributed by atoms with Gasteiger partial charge in [0.25, 0.3) is 0 Å². The van der Waals surface area contributed by atoms with Crippen molar-refractivity contribution < 1.29 is 4.79 Å². The van der Waals surface area contributed by atoms with E-state index < -0.39 is 0 Å². The Labute approximate surface area is 128 Å². The second-order valence-corrected chi connectivity index (χ2v) is 7.10. The molecule has 1 unspecified atom stereocenters. The molecule has 1 amide bonds. The predicted molar refractivity (Wildman–Crippen MR) is 87.3 cm³/mol. The lowest BCUT2D eigenvalue weighted by Gasteiger charge is -2.25. The molecule has 0 bridgehead atoms. The summed E-state index contributed by atoms with van der Waals surface area (Å²) in [6.45, 7) is 9.63. The van der Waals surface area contributed by atoms with Crippen LogP contribution in [0.25, 0.3) is 0 Å². The van der Waals surface area contributed by atoms with Crippen molar-refractivity contribution in [2.24, 2.45) is 0 Å². The normalized spacial score (nSPS) is 20.9. The highest BCUT2D eigenvalue weighted by Crippen LogP contribution is 2.24. The Morgan fingerprint density at radius 2 is 1.90 bits per heavy atom. The number of piperidine rings is 1. The van der Waals surface area contributed by atoms with Crippen LogP contribution in [0, 0.1) is 0 Å². The number of hydrogen-bond donors (Lipinski definition) is 2. The number of hydrogen-bond acceptors (Lipinski definition) is 2. The summed E-state index contributed by atoms with van der Waals surface area (Å²) in [4.78, 5) is 12.2. The molecule has 2 rings (SSSR count). The van der Waals surface area contributed by atoms with E-state index in [9.17, 15) is 4.79 Å². The Kier molecular flexibility index (Phi) is 5.04. The van der Waals surface area contributed by atoms with E-state index >= 15 is 0 Å². The third-order valence-electron chi connectivity index (χ3n) is 4.26. The molecular formula is C18H28N2O. The molecule has 3 nitrogen and oxygen atoms in total. The lowest BCUT2D eigenvalue weighted by molar-refractivity contribution is -0.124. The van der Waals surface area contributed by atoms with Gasteiger partial charge in [0.2, 0.25) is 5.91 Å². The molecule has 1 aromatic rings. The minimum atomic E-state index is -0.0185. The SMILES string of the molecule is CC(NC(=O)[C@@H]1CCCCN1)c1ccc(C(C)(C)C)cc1. The molecule has 0 radical (unpaired) electrons. The van der Waals surface area contributed by atoms with Crippen LogP contribution in [0.15, 0.2) is 24.3 Å². The number of carbonyl (C=O) groups is 1. The third kappa shape index (κ3) is 4.31. The average molecular weight is 288 g/mol. The van der Waals surface area contributed by atoms with Crippen molar-refractivity contribution in [1.29, 1.82) is 0 Å². The van der Waals surface area contributed by atoms with Gasteiger partial charge in [0.1, 0.15) is 0 Å². The molecule has 0 spiro atoms. The topological polar surface area (TPSA) is 41.1 Å². The van der Waals surface area contributed by atoms with Crippen LogP contribution in [-0.4, -0.2) is 18.5 Å². The van der Waals surface area contributed by atoms with E-state index in [-0.39, 0.29) is 23.4 Å². The number of rotatable bonds is 3. The molecule has 116 valence electrons. The van der Waals surface area contributed by atoms with Crippen molar-refractivity contribution in [2.45, 2.75) is 64.5 Å². The summed E-state index contributed by atoms with van der Waals surface area (Å²) in [5, 5.41) is 6.42. The van der Waals surface area contributed by atoms with E-state index in [4.69, 9.17) is 0 Å². The fraction of sp³-hybridized carbons (Fsp3) is 0.611. The molecule has 0 aromatic heterocycles. The Bertz CT molecular complexity index is 467. The van der Waals surface area contributed by atoms with Crippen molar-refractivity contribution in [1.82, 2.24) is 10.6 Å². The number of carbonyl (C=O) groups excluding carboxylic acids is 1. The Morgan fingerprint density at radius 1 is 1.24 bits per heavy atom. The summed E-state index contributed by atoms with van der Waals surface area (Å²) >= 11 is 0. The van der Waals surface area contributed by atoms with Crippen molar-refractivity contribution in [3.63, 3.8) is 0 Å². The summed E-state index contributed by atoms with van der Waals surface area (Å²) in [6.07, 6.45) is 3.26. The Hall–Kier alpha value is -1.35. The number of amides is 1. The highest BCUT2D eigenvalue weighted by molar-refractivity contribution is 5.82. The van der Waals surface area contributed by atoms with Crippen molar-refractivity contribution in [3.05, 3.63) is 35.4 Å². The van der Waals surface area contributed by atoms with Gasteiger partial charge in [0.15, 0.2) is 0 Å². The van der Waals surface area contributed by atoms with Gasteiger partial charge in [-0.1, -0.05) is 51.5 Å². The smallest absolute Gasteiger partial charge is 0.237 e. The van der Waals surface area contributed by atoms with Gasteiger partial charge in [-0.3, -0.25) is 4.79 Å². The maximum Gasteiger partial charge on any atom is 0.237 e. The highest BCUT2D eigenvalue weighted by atomic mass is 16.2. The van der Waals surface area contributed by atoms with Crippen LogP contribution in [0.2, 0.25) is 0 Å². The van der Waals surface area contributed by atoms with Crippen molar-refractivity contribution in [3.8, 4) is 0 Å². The third-order valence-corrected chi connectivity index (χ3v) is 4.26. The molecule has 0 aliphatic carbocycles. The van der Waals surface area contributed by atoms with Crippen LogP contribution < -0.4 is 10.6 Å². The number of nitrogens with one attached hydrogen (secondary N) is 2. The zero-order valence-electron chi connectivity index (χ0n) is 13.7. The van der Waals surface area contributed by atoms with Gasteiger partial charge >= 0.3 is 0 Å². The van der Waals surface area contributed by atoms with E-state index in [1.807, 2.05) is 6.92 Å². The highest BCUT2D eigenvalue weighted by Gasteiger charge is 2.22. The molecule has 1 aromatic carbocycles. The Morgan fingerprint density at radius 3 is 2.43 bits per heavy atom. The quantitative estimate of drug-likeness (QED) is 0.896. The van der Waals surface area contributed by atoms with Crippen LogP contribution in [-0.2, 0) is 10.2 Å². The van der Waals surface area contributed by atoms with Crippen LogP contribution in [0.4, 0.5) is 0 Å². The fourth-order valence-corrected chi connectivity index (χ4v) is 2.74. The number of benzene rings is 1. The maximum atomic E-state index is 12.2. The van der Waals surface area contributed by atoms with Crippen LogP contribution in [0.3, 0.4) is 0 Å². The standard InChI is InChI=1S/C18H28N2O/c1-13(20-17(21)16-7-5-6-12-19-16)14-8-10-15(11-9-14)18(2,3)4/h8-11,13,16,19H,5-7,12H2,1-4H3,(H,20,21)/t13?,16-/m0/s1. The first kappa shape index (κ1) is 16.0. The first-order valence-electron chi connectivity index (χ1n) is 8.02. The van der Waals surface area contributed by atoms with Gasteiger partial charge in [-0.05, 0) is 42.9 Å². The molecule has 2 atom stereocenters. The largest absolute Gasteiger partial charge is 0.348 e. The summed E-state index contributed by atoms with van der Waals surface area (Å²) in [6, 6.07) is 8.61. The van der Waals surface area contributed by atoms with E-state index in [2.05, 4.69) is 55.7 Å². The lowest BCUT2D eigenvalue weighted by Crippen LogP contribution is -2.47. The van der Waals surface area contributed by atoms with E-state index in [1.165, 1.54) is 12.0 Å². The first-order valence-corrected chi connectivity index (χ1v) is 8.02. The molecule has 0 saturated carbocycles. The molecule has 3 heteroatoms. The fourth-order valence-electron chi connectivity index (χ4n) is 2.74. The van der Waals surface area contributed by atoms with E-state index in [0.717, 1.165) is 24.9 Å². The van der Waals surface area contributed by atoms with Crippen LogP contribution in [0.1, 0.15) is 64.1 Å². The summed E-state index contributed by atoms with van der Waals surface area (Å²) in [7, 11) is 0. The van der Waals surface area contributed by atoms with E-state index in [1.54, 1.807) is 0 Å². The summed E-state index contributed by atoms with van der Waals surface area (Å²) in [5.74, 6) is 0.127. The zero-order chi connectivity index (χ0) is 15.5. The van der Waals surface area contributed by atoms with Gasteiger partial charge in [-0.15, -0.1) is 0 Å². The van der Waals surface area contributed by atoms with E-state index in [0.29, 0.717) is 0 Å². The molecular weight excluding hydrogens is 260 g/mol. The molecule has 1 saturated heterocycles. The van der Waals surface area contributed by atoms with Gasteiger partial charge in [0.05, 0.1) is 12.1 Å². The summed E-state index contributed by atoms with van der Waals surface area (Å²) in [5.41, 5.74) is 2.64. The maximum absolute atomic E-state index is 12.2. The van der Waals surface area contributed by atoms with Gasteiger partial charge < -0.3 is 10.6 Å². The molecule has 1 aliphatic heterocycles. The first-order chi connectivity index (χ1) is 9.88. The van der Waals surface area contributed by atoms with Gasteiger partial charge in [0, 0.05) is 0 Å². The average Bonchev–Trinajstić information content (AvgIpc) is 2.47. The second kappa shape index (κ2) is 6.61. The molecule has 1 fully saturated rings. The van der Waals surface area contributed by atoms with Gasteiger partial charge in [-0.25, -0.2) is 0 Å². The Balaban J connectivity index is 1.96. The monoisotopic (exact) mass is 288 g/mol. The van der Waals surface area contributed by atoms with Crippen LogP contribution in [0.5, 0.6) is 0 Å². The zero-order valence-corrected chi connectivity index (χ0v) is 13.7. The molecule has 2 N–H and O–H groups in total. The minimum absolute atomic E-state index is 0.0185. The summed E-state index contributed by atoms with van der Waals surface area (Å²) < 4.78 is 0.